The van der Waals surface area contributed by atoms with Crippen LogP contribution in [0.2, 0.25) is 0 Å². The van der Waals surface area contributed by atoms with Gasteiger partial charge in [0.05, 0.1) is 11.6 Å². The molecule has 0 N–H and O–H groups in total. The van der Waals surface area contributed by atoms with Crippen molar-refractivity contribution in [1.82, 2.24) is 0 Å². The van der Waals surface area contributed by atoms with Crippen molar-refractivity contribution >= 4 is 13.2 Å². The lowest BCUT2D eigenvalue weighted by atomic mass is 10.2. The van der Waals surface area contributed by atoms with Gasteiger partial charge in [0.1, 0.15) is 0 Å². The molecule has 0 heterocycles. The monoisotopic (exact) mass is 129 g/mol. The molecule has 0 spiro atoms. The number of hydrogen-bond donors (Lipinski definition) is 0. The highest BCUT2D eigenvalue weighted by molar-refractivity contribution is 5.33. The maximum absolute atomic E-state index is 8.53. The highest BCUT2D eigenvalue weighted by Crippen LogP contribution is 1.81. The van der Waals surface area contributed by atoms with E-state index in [0.29, 0.717) is 5.56 Å². The maximum Gasteiger partial charge on any atom is 0.0997 e. The molecule has 1 heteroatoms. The van der Waals surface area contributed by atoms with Gasteiger partial charge in [0, 0.05) is 0 Å². The van der Waals surface area contributed by atoms with E-state index in [-0.39, 0.29) is 0 Å². The summed E-state index contributed by atoms with van der Waals surface area (Å²) in [6.45, 7) is 7.42. The minimum atomic E-state index is 0.604. The number of benzene rings is 1. The zero-order valence-corrected chi connectivity index (χ0v) is 5.59. The van der Waals surface area contributed by atoms with E-state index < -0.39 is 0 Å². The maximum atomic E-state index is 8.53. The van der Waals surface area contributed by atoms with E-state index in [4.69, 9.17) is 5.26 Å². The summed E-state index contributed by atoms with van der Waals surface area (Å²) in [5.41, 5.74) is 0.604. The van der Waals surface area contributed by atoms with Crippen molar-refractivity contribution in [1.29, 1.82) is 5.26 Å². The molecule has 0 aliphatic rings. The smallest absolute Gasteiger partial charge is 0.0997 e. The van der Waals surface area contributed by atoms with Crippen LogP contribution in [0.1, 0.15) is 5.56 Å². The quantitative estimate of drug-likeness (QED) is 0.496. The SMILES string of the molecule is C=c1cccc(C#N)c1=C. The molecular formula is C9H7N. The lowest BCUT2D eigenvalue weighted by Crippen LogP contribution is -2.23. The summed E-state index contributed by atoms with van der Waals surface area (Å²) in [7, 11) is 0. The van der Waals surface area contributed by atoms with Crippen LogP contribution in [0.25, 0.3) is 13.2 Å². The Morgan fingerprint density at radius 3 is 2.50 bits per heavy atom. The summed E-state index contributed by atoms with van der Waals surface area (Å²) in [6.07, 6.45) is 0. The van der Waals surface area contributed by atoms with Crippen LogP contribution in [-0.2, 0) is 0 Å². The number of nitriles is 1. The van der Waals surface area contributed by atoms with Crippen LogP contribution >= 0.6 is 0 Å². The number of hydrogen-bond acceptors (Lipinski definition) is 1. The lowest BCUT2D eigenvalue weighted by molar-refractivity contribution is 1.43. The van der Waals surface area contributed by atoms with Crippen LogP contribution in [-0.4, -0.2) is 0 Å². The standard InChI is InChI=1S/C9H7N/c1-7-4-3-5-9(6-10)8(7)2/h3-5H,1-2H2. The van der Waals surface area contributed by atoms with E-state index in [0.717, 1.165) is 10.4 Å². The zero-order valence-electron chi connectivity index (χ0n) is 5.59. The Balaban J connectivity index is 3.63. The van der Waals surface area contributed by atoms with Gasteiger partial charge >= 0.3 is 0 Å². The van der Waals surface area contributed by atoms with Crippen molar-refractivity contribution in [3.63, 3.8) is 0 Å². The topological polar surface area (TPSA) is 23.8 Å². The first-order chi connectivity index (χ1) is 4.75. The third-order valence-corrected chi connectivity index (χ3v) is 1.39. The molecule has 0 aromatic heterocycles. The highest BCUT2D eigenvalue weighted by Gasteiger charge is 1.87. The van der Waals surface area contributed by atoms with Gasteiger partial charge in [-0.25, -0.2) is 0 Å². The van der Waals surface area contributed by atoms with Crippen LogP contribution in [0.5, 0.6) is 0 Å². The van der Waals surface area contributed by atoms with Crippen molar-refractivity contribution in [2.24, 2.45) is 0 Å². The molecule has 0 atom stereocenters. The highest BCUT2D eigenvalue weighted by atomic mass is 14.2. The largest absolute Gasteiger partial charge is 0.192 e. The first-order valence-electron chi connectivity index (χ1n) is 2.92. The van der Waals surface area contributed by atoms with Crippen molar-refractivity contribution in [3.05, 3.63) is 34.2 Å². The van der Waals surface area contributed by atoms with Gasteiger partial charge < -0.3 is 0 Å². The van der Waals surface area contributed by atoms with Crippen LogP contribution in [0.3, 0.4) is 0 Å². The van der Waals surface area contributed by atoms with Crippen molar-refractivity contribution < 1.29 is 0 Å². The van der Waals surface area contributed by atoms with Crippen LogP contribution < -0.4 is 10.4 Å². The summed E-state index contributed by atoms with van der Waals surface area (Å²) in [5.74, 6) is 0. The normalized spacial score (nSPS) is 8.70. The second kappa shape index (κ2) is 2.36. The van der Waals surface area contributed by atoms with E-state index >= 15 is 0 Å². The molecule has 0 amide bonds. The summed E-state index contributed by atoms with van der Waals surface area (Å²) < 4.78 is 0. The molecule has 0 fully saturated rings. The molecule has 1 rings (SSSR count). The van der Waals surface area contributed by atoms with E-state index in [1.165, 1.54) is 0 Å². The molecule has 48 valence electrons. The lowest BCUT2D eigenvalue weighted by Gasteiger charge is -1.87. The Morgan fingerprint density at radius 2 is 2.00 bits per heavy atom. The van der Waals surface area contributed by atoms with Gasteiger partial charge in [-0.1, -0.05) is 25.3 Å². The predicted octanol–water partition coefficient (Wildman–Crippen LogP) is 0.379. The molecule has 0 bridgehead atoms. The van der Waals surface area contributed by atoms with Gasteiger partial charge in [0.15, 0.2) is 0 Å². The molecule has 1 nitrogen and oxygen atoms in total. The van der Waals surface area contributed by atoms with Gasteiger partial charge in [-0.15, -0.1) is 0 Å². The van der Waals surface area contributed by atoms with Crippen molar-refractivity contribution in [3.8, 4) is 6.07 Å². The van der Waals surface area contributed by atoms with Gasteiger partial charge in [-0.2, -0.15) is 5.26 Å². The fourth-order valence-corrected chi connectivity index (χ4v) is 0.739. The molecule has 0 aliphatic carbocycles. The fourth-order valence-electron chi connectivity index (χ4n) is 0.739. The van der Waals surface area contributed by atoms with Gasteiger partial charge in [0.25, 0.3) is 0 Å². The molecule has 0 saturated carbocycles. The molecule has 10 heavy (non-hydrogen) atoms. The number of rotatable bonds is 0. The Morgan fingerprint density at radius 1 is 1.30 bits per heavy atom. The Hall–Kier alpha value is -1.55. The molecule has 0 unspecified atom stereocenters. The summed E-state index contributed by atoms with van der Waals surface area (Å²) >= 11 is 0. The second-order valence-corrected chi connectivity index (χ2v) is 2.06. The Bertz CT molecular complexity index is 371. The van der Waals surface area contributed by atoms with E-state index in [9.17, 15) is 0 Å². The van der Waals surface area contributed by atoms with Gasteiger partial charge in [-0.3, -0.25) is 0 Å². The molecule has 0 aliphatic heterocycles. The van der Waals surface area contributed by atoms with E-state index in [2.05, 4.69) is 13.2 Å². The Labute approximate surface area is 59.5 Å². The molecular weight excluding hydrogens is 122 g/mol. The van der Waals surface area contributed by atoms with Crippen LogP contribution in [0.15, 0.2) is 18.2 Å². The second-order valence-electron chi connectivity index (χ2n) is 2.06. The van der Waals surface area contributed by atoms with Crippen molar-refractivity contribution in [2.75, 3.05) is 0 Å². The Kier molecular flexibility index (Phi) is 1.55. The minimum absolute atomic E-state index is 0.604. The van der Waals surface area contributed by atoms with E-state index in [1.54, 1.807) is 12.1 Å². The fraction of sp³-hybridized carbons (Fsp3) is 0. The van der Waals surface area contributed by atoms with E-state index in [1.807, 2.05) is 12.1 Å². The third-order valence-electron chi connectivity index (χ3n) is 1.39. The van der Waals surface area contributed by atoms with Crippen molar-refractivity contribution in [2.45, 2.75) is 0 Å². The van der Waals surface area contributed by atoms with Crippen LogP contribution in [0.4, 0.5) is 0 Å². The summed E-state index contributed by atoms with van der Waals surface area (Å²) in [4.78, 5) is 0. The third kappa shape index (κ3) is 0.918. The first-order valence-corrected chi connectivity index (χ1v) is 2.92. The van der Waals surface area contributed by atoms with Gasteiger partial charge in [0.2, 0.25) is 0 Å². The first kappa shape index (κ1) is 6.57. The zero-order chi connectivity index (χ0) is 7.56. The summed E-state index contributed by atoms with van der Waals surface area (Å²) in [6, 6.07) is 7.40. The molecule has 0 radical (unpaired) electrons. The minimum Gasteiger partial charge on any atom is -0.192 e. The van der Waals surface area contributed by atoms with Crippen LogP contribution in [0, 0.1) is 11.3 Å². The van der Waals surface area contributed by atoms with Gasteiger partial charge in [-0.05, 0) is 16.5 Å². The average molecular weight is 129 g/mol. The number of nitrogens with zero attached hydrogens (tertiary/aromatic N) is 1. The molecule has 1 aromatic carbocycles. The molecule has 1 aromatic rings. The molecule has 0 saturated heterocycles. The summed E-state index contributed by atoms with van der Waals surface area (Å²) in [5, 5.41) is 10.1. The predicted molar refractivity (Wildman–Crippen MR) is 41.5 cm³/mol. The average Bonchev–Trinajstić information content (AvgIpc) is 1.95.